The molecule has 0 aromatic heterocycles. The molecule has 0 N–H and O–H groups in total. The van der Waals surface area contributed by atoms with Gasteiger partial charge in [-0.1, -0.05) is 84.2 Å². The van der Waals surface area contributed by atoms with Gasteiger partial charge in [0.25, 0.3) is 0 Å². The van der Waals surface area contributed by atoms with E-state index in [-0.39, 0.29) is 11.6 Å². The molecule has 0 spiro atoms. The third-order valence-corrected chi connectivity index (χ3v) is 8.10. The van der Waals surface area contributed by atoms with Crippen LogP contribution in [0.25, 0.3) is 0 Å². The summed E-state index contributed by atoms with van der Waals surface area (Å²) in [4.78, 5) is 47.7. The van der Waals surface area contributed by atoms with Gasteiger partial charge in [-0.05, 0) is 55.8 Å². The number of hydrogen-bond donors (Lipinski definition) is 0. The second kappa shape index (κ2) is 12.8. The Hall–Kier alpha value is -3.96. The average molecular weight is 525 g/mol. The predicted octanol–water partition coefficient (Wildman–Crippen LogP) is 7.20. The number of benzene rings is 4. The van der Waals surface area contributed by atoms with Crippen molar-refractivity contribution in [3.8, 4) is 0 Å². The molecule has 4 aromatic carbocycles. The fourth-order valence-corrected chi connectivity index (χ4v) is 6.06. The van der Waals surface area contributed by atoms with Crippen molar-refractivity contribution < 1.29 is 19.2 Å². The zero-order valence-electron chi connectivity index (χ0n) is 20.4. The van der Waals surface area contributed by atoms with Crippen LogP contribution in [0, 0.1) is 13.8 Å². The minimum atomic E-state index is -0.0847. The molecule has 5 rings (SSSR count). The fraction of sp³-hybridized carbons (Fsp3) is 0.0645. The first-order chi connectivity index (χ1) is 18.0. The van der Waals surface area contributed by atoms with Crippen molar-refractivity contribution in [3.05, 3.63) is 125 Å². The van der Waals surface area contributed by atoms with Crippen molar-refractivity contribution in [3.63, 3.8) is 0 Å². The number of aryl methyl sites for hydroxylation is 2. The van der Waals surface area contributed by atoms with E-state index in [1.54, 1.807) is 12.1 Å². The Morgan fingerprint density at radius 1 is 0.568 bits per heavy atom. The summed E-state index contributed by atoms with van der Waals surface area (Å²) in [7, 11) is 0. The lowest BCUT2D eigenvalue weighted by atomic mass is 9.84. The van der Waals surface area contributed by atoms with Gasteiger partial charge < -0.3 is 4.79 Å². The van der Waals surface area contributed by atoms with Gasteiger partial charge in [-0.25, -0.2) is 4.79 Å². The second-order valence-corrected chi connectivity index (χ2v) is 10.1. The van der Waals surface area contributed by atoms with Crippen LogP contribution in [-0.2, 0) is 9.59 Å². The van der Waals surface area contributed by atoms with Gasteiger partial charge in [0.15, 0.2) is 11.6 Å². The topological polar surface area (TPSA) is 68.3 Å². The number of ketones is 2. The smallest absolute Gasteiger partial charge is 0.195 e. The first kappa shape index (κ1) is 27.6. The summed E-state index contributed by atoms with van der Waals surface area (Å²) in [6, 6.07) is 27.3. The van der Waals surface area contributed by atoms with Gasteiger partial charge in [-0.3, -0.25) is 9.59 Å². The molecule has 0 atom stereocenters. The minimum absolute atomic E-state index is 0.0847. The summed E-state index contributed by atoms with van der Waals surface area (Å²) in [6.45, 7) is 8.78. The van der Waals surface area contributed by atoms with Crippen LogP contribution in [0.3, 0.4) is 0 Å². The van der Waals surface area contributed by atoms with E-state index in [1.807, 2.05) is 67.5 Å². The molecule has 0 saturated carbocycles. The summed E-state index contributed by atoms with van der Waals surface area (Å²) in [5, 5.41) is 0. The van der Waals surface area contributed by atoms with Crippen molar-refractivity contribution in [2.75, 3.05) is 0 Å². The maximum atomic E-state index is 13.6. The Morgan fingerprint density at radius 3 is 1.24 bits per heavy atom. The Morgan fingerprint density at radius 2 is 0.892 bits per heavy atom. The average Bonchev–Trinajstić information content (AvgIpc) is 2.91. The largest absolute Gasteiger partial charge is 0.307 e. The molecule has 0 aliphatic heterocycles. The van der Waals surface area contributed by atoms with Gasteiger partial charge in [0.2, 0.25) is 0 Å². The van der Waals surface area contributed by atoms with E-state index < -0.39 is 0 Å². The van der Waals surface area contributed by atoms with Gasteiger partial charge in [0.05, 0.1) is 0 Å². The predicted molar refractivity (Wildman–Crippen MR) is 149 cm³/mol. The van der Waals surface area contributed by atoms with Crippen molar-refractivity contribution in [2.24, 2.45) is 0 Å². The molecule has 0 unspecified atom stereocenters. The molecule has 0 fully saturated rings. The highest BCUT2D eigenvalue weighted by Gasteiger charge is 2.33. The molecule has 0 bridgehead atoms. The van der Waals surface area contributed by atoms with Crippen LogP contribution in [0.2, 0.25) is 0 Å². The van der Waals surface area contributed by atoms with Crippen LogP contribution >= 0.6 is 23.5 Å². The number of carbonyl (C=O) groups excluding carboxylic acids is 4. The lowest BCUT2D eigenvalue weighted by Crippen LogP contribution is -2.22. The molecular weight excluding hydrogens is 500 g/mol. The minimum Gasteiger partial charge on any atom is -0.307 e. The fourth-order valence-electron chi connectivity index (χ4n) is 3.93. The molecule has 1 aliphatic carbocycles. The quantitative estimate of drug-likeness (QED) is 0.232. The molecule has 4 nitrogen and oxygen atoms in total. The Bertz CT molecular complexity index is 1390. The Kier molecular flexibility index (Phi) is 9.58. The highest BCUT2D eigenvalue weighted by Crippen LogP contribution is 2.42. The van der Waals surface area contributed by atoms with E-state index in [1.165, 1.54) is 29.5 Å². The van der Waals surface area contributed by atoms with Gasteiger partial charge in [0, 0.05) is 41.8 Å². The van der Waals surface area contributed by atoms with Crippen LogP contribution in [0.5, 0.6) is 0 Å². The van der Waals surface area contributed by atoms with Crippen molar-refractivity contribution in [1.29, 1.82) is 0 Å². The van der Waals surface area contributed by atoms with Gasteiger partial charge in [-0.2, -0.15) is 0 Å². The molecule has 0 heterocycles. The SMILES string of the molecule is C=C=O.C=O.Cc1ccccc1Sc1cccc2c1C(=O)c1cccc(Sc3ccccc3C)c1C2=O. The maximum absolute atomic E-state index is 13.6. The zero-order valence-corrected chi connectivity index (χ0v) is 22.1. The summed E-state index contributed by atoms with van der Waals surface area (Å²) in [6.07, 6.45) is 0. The molecule has 184 valence electrons. The molecule has 0 amide bonds. The highest BCUT2D eigenvalue weighted by atomic mass is 32.2. The Labute approximate surface area is 224 Å². The van der Waals surface area contributed by atoms with E-state index in [0.717, 1.165) is 30.7 Å². The van der Waals surface area contributed by atoms with Crippen LogP contribution in [-0.4, -0.2) is 24.3 Å². The second-order valence-electron chi connectivity index (χ2n) is 7.90. The third kappa shape index (κ3) is 5.89. The number of hydrogen-bond acceptors (Lipinski definition) is 6. The maximum Gasteiger partial charge on any atom is 0.195 e. The Balaban J connectivity index is 0.000000711. The summed E-state index contributed by atoms with van der Waals surface area (Å²) >= 11 is 3.08. The molecule has 1 aliphatic rings. The van der Waals surface area contributed by atoms with Gasteiger partial charge >= 0.3 is 0 Å². The lowest BCUT2D eigenvalue weighted by Gasteiger charge is -2.22. The molecule has 0 radical (unpaired) electrons. The van der Waals surface area contributed by atoms with Gasteiger partial charge in [0.1, 0.15) is 12.7 Å². The number of fused-ring (bicyclic) bond motifs is 2. The first-order valence-electron chi connectivity index (χ1n) is 11.2. The van der Waals surface area contributed by atoms with E-state index in [4.69, 9.17) is 9.59 Å². The van der Waals surface area contributed by atoms with E-state index >= 15 is 0 Å². The first-order valence-corrected chi connectivity index (χ1v) is 12.8. The highest BCUT2D eigenvalue weighted by molar-refractivity contribution is 7.99. The molecule has 37 heavy (non-hydrogen) atoms. The van der Waals surface area contributed by atoms with Crippen LogP contribution in [0.4, 0.5) is 0 Å². The third-order valence-electron chi connectivity index (χ3n) is 5.62. The van der Waals surface area contributed by atoms with Crippen molar-refractivity contribution in [2.45, 2.75) is 33.4 Å². The van der Waals surface area contributed by atoms with Crippen LogP contribution in [0.1, 0.15) is 43.0 Å². The molecule has 0 saturated heterocycles. The van der Waals surface area contributed by atoms with Crippen LogP contribution < -0.4 is 0 Å². The molecule has 4 aromatic rings. The van der Waals surface area contributed by atoms with E-state index in [2.05, 4.69) is 32.6 Å². The molecule has 6 heteroatoms. The van der Waals surface area contributed by atoms with Gasteiger partial charge in [-0.15, -0.1) is 0 Å². The van der Waals surface area contributed by atoms with Crippen molar-refractivity contribution in [1.82, 2.24) is 0 Å². The van der Waals surface area contributed by atoms with Crippen molar-refractivity contribution >= 4 is 47.8 Å². The summed E-state index contributed by atoms with van der Waals surface area (Å²) in [5.74, 6) is 1.08. The van der Waals surface area contributed by atoms with E-state index in [9.17, 15) is 9.59 Å². The van der Waals surface area contributed by atoms with Crippen LogP contribution in [0.15, 0.2) is 111 Å². The monoisotopic (exact) mass is 524 g/mol. The zero-order chi connectivity index (χ0) is 26.9. The normalized spacial score (nSPS) is 11.1. The lowest BCUT2D eigenvalue weighted by molar-refractivity contribution is -0.0980. The molecular formula is C31H24O4S2. The summed E-state index contributed by atoms with van der Waals surface area (Å²) < 4.78 is 0. The standard InChI is InChI=1S/C28H20O2S2.C2H2O.CH2O/c1-17-9-3-5-13-21(17)31-23-15-7-11-19-25(23)27(29)20-12-8-16-24(26(20)28(19)30)32-22-14-6-4-10-18(22)2;1-2-3;1-2/h3-16H,1-2H3;1H2;1H2. The number of rotatable bonds is 4. The number of carbonyl (C=O) groups is 3. The van der Waals surface area contributed by atoms with E-state index in [0.29, 0.717) is 22.3 Å². The summed E-state index contributed by atoms with van der Waals surface area (Å²) in [5.41, 5.74) is 4.27.